The van der Waals surface area contributed by atoms with E-state index in [0.29, 0.717) is 59.0 Å². The summed E-state index contributed by atoms with van der Waals surface area (Å²) in [5.74, 6) is -0.512. The van der Waals surface area contributed by atoms with Gasteiger partial charge in [-0.3, -0.25) is 0 Å². The summed E-state index contributed by atoms with van der Waals surface area (Å²) in [6, 6.07) is 4.54. The SMILES string of the molecule is CCCCCCCCCCC1(CCCCCCCCCC)c2cc(B3OC(C)(C)C(C)(C)O3)c3n[se]nc3c2-c2c(F)c3c(c(F)c21)-c1c(cc(B2OC(C)(C)C(C)(C)O2)c2n[se]nc12)C3(CCCCCCCCCC)CCCCCCCCCC. The van der Waals surface area contributed by atoms with Crippen molar-refractivity contribution in [3.63, 3.8) is 0 Å². The molecule has 2 saturated heterocycles. The number of hydrogen-bond donors (Lipinski definition) is 0. The molecule has 4 aliphatic rings. The normalized spacial score (nSPS) is 18.3. The van der Waals surface area contributed by atoms with E-state index in [2.05, 4.69) is 95.2 Å². The van der Waals surface area contributed by atoms with Crippen LogP contribution in [0, 0.1) is 11.6 Å². The molecular weight excluding hydrogens is 1200 g/mol. The minimum Gasteiger partial charge on any atom is -0.0654 e. The van der Waals surface area contributed by atoms with Crippen molar-refractivity contribution in [1.82, 2.24) is 15.9 Å². The Kier molecular flexibility index (Phi) is 23.8. The molecule has 5 aromatic rings. The number of benzene rings is 3. The topological polar surface area (TPSA) is 88.5 Å². The first kappa shape index (κ1) is 68.1. The fourth-order valence-corrected chi connectivity index (χ4v) is 17.8. The quantitative estimate of drug-likeness (QED) is 0.0285. The Balaban J connectivity index is 1.28. The summed E-state index contributed by atoms with van der Waals surface area (Å²) in [5.41, 5.74) is 5.99. The molecule has 0 radical (unpaired) electrons. The minimum absolute atomic E-state index is 0.256. The van der Waals surface area contributed by atoms with Crippen LogP contribution >= 0.6 is 0 Å². The van der Waals surface area contributed by atoms with Crippen LogP contribution < -0.4 is 10.9 Å². The Morgan fingerprint density at radius 3 is 0.826 bits per heavy atom. The predicted octanol–water partition coefficient (Wildman–Crippen LogP) is 19.2. The number of unbranched alkanes of at least 4 members (excludes halogenated alkanes) is 28. The third kappa shape index (κ3) is 13.9. The summed E-state index contributed by atoms with van der Waals surface area (Å²) in [4.78, 5) is 0. The van der Waals surface area contributed by atoms with Crippen molar-refractivity contribution < 1.29 is 27.4 Å². The molecule has 2 aliphatic carbocycles. The Bertz CT molecular complexity index is 2760. The van der Waals surface area contributed by atoms with Gasteiger partial charge in [-0.15, -0.1) is 0 Å². The summed E-state index contributed by atoms with van der Waals surface area (Å²) < 4.78 is 89.7. The summed E-state index contributed by atoms with van der Waals surface area (Å²) in [6.07, 6.45) is 40.0. The zero-order valence-electron chi connectivity index (χ0n) is 55.8. The van der Waals surface area contributed by atoms with Crippen molar-refractivity contribution in [2.45, 2.75) is 347 Å². The van der Waals surface area contributed by atoms with E-state index in [1.165, 1.54) is 128 Å². The molecule has 2 aromatic heterocycles. The smallest absolute Gasteiger partial charge is 0.0654 e. The molecule has 8 nitrogen and oxygen atoms in total. The molecule has 4 heterocycles. The molecule has 0 N–H and O–H groups in total. The standard InChI is InChI=1S/C72H110B2F2N4O4Se2/c1-13-17-21-25-29-33-37-41-45-71(46-42-38-34-30-26-22-18-14-2)51-49-53(73-81-67(5,6)68(7,8)82-73)63-65(79-85-77-63)55(51)57-59(71)61(75)58-56-52(50-54(64-66(56)80-86-78-64)74-83-69(9,10)70(11,12)84-74)72(60(58)62(57)76,47-43-39-35-31-27-23-19-15-3)48-44-40-36-32-28-24-20-16-4/h49-50H,13-48H2,1-12H3. The molecule has 0 atom stereocenters. The van der Waals surface area contributed by atoms with E-state index < -0.39 is 77.4 Å². The minimum atomic E-state index is -0.841. The fourth-order valence-electron chi connectivity index (χ4n) is 15.3. The van der Waals surface area contributed by atoms with Crippen LogP contribution in [0.1, 0.15) is 336 Å². The van der Waals surface area contributed by atoms with Gasteiger partial charge < -0.3 is 0 Å². The molecule has 474 valence electrons. The predicted molar refractivity (Wildman–Crippen MR) is 359 cm³/mol. The number of aromatic nitrogens is 4. The first-order chi connectivity index (χ1) is 41.4. The van der Waals surface area contributed by atoms with Crippen molar-refractivity contribution >= 4 is 77.2 Å². The molecule has 0 unspecified atom stereocenters. The van der Waals surface area contributed by atoms with Gasteiger partial charge in [0, 0.05) is 0 Å². The Morgan fingerprint density at radius 2 is 0.570 bits per heavy atom. The van der Waals surface area contributed by atoms with Gasteiger partial charge in [0.1, 0.15) is 0 Å². The first-order valence-electron chi connectivity index (χ1n) is 35.2. The zero-order valence-corrected chi connectivity index (χ0v) is 59.2. The van der Waals surface area contributed by atoms with Crippen LogP contribution in [0.15, 0.2) is 12.1 Å². The number of hydrogen-bond acceptors (Lipinski definition) is 8. The van der Waals surface area contributed by atoms with Crippen LogP contribution in [0.2, 0.25) is 0 Å². The van der Waals surface area contributed by atoms with Gasteiger partial charge in [0.05, 0.1) is 0 Å². The molecule has 14 heteroatoms. The summed E-state index contributed by atoms with van der Waals surface area (Å²) in [5, 5.41) is 0. The van der Waals surface area contributed by atoms with E-state index in [1.807, 2.05) is 0 Å². The van der Waals surface area contributed by atoms with Crippen LogP contribution in [0.5, 0.6) is 0 Å². The first-order valence-corrected chi connectivity index (χ1v) is 38.3. The molecule has 0 saturated carbocycles. The van der Waals surface area contributed by atoms with Crippen LogP contribution in [-0.4, -0.2) is 82.5 Å². The zero-order chi connectivity index (χ0) is 61.3. The third-order valence-electron chi connectivity index (χ3n) is 21.8. The van der Waals surface area contributed by atoms with Crippen LogP contribution in [0.4, 0.5) is 8.78 Å². The molecule has 2 aliphatic heterocycles. The van der Waals surface area contributed by atoms with Crippen LogP contribution in [-0.2, 0) is 29.4 Å². The van der Waals surface area contributed by atoms with Gasteiger partial charge in [0.25, 0.3) is 0 Å². The second-order valence-electron chi connectivity index (χ2n) is 29.1. The van der Waals surface area contributed by atoms with E-state index in [9.17, 15) is 0 Å². The number of rotatable bonds is 38. The monoisotopic (exact) mass is 1310 g/mol. The molecular formula is C72H110B2F2N4O4Se2. The van der Waals surface area contributed by atoms with Crippen molar-refractivity contribution in [3.05, 3.63) is 46.0 Å². The molecule has 86 heavy (non-hydrogen) atoms. The van der Waals surface area contributed by atoms with Crippen molar-refractivity contribution in [3.8, 4) is 22.3 Å². The van der Waals surface area contributed by atoms with E-state index in [-0.39, 0.29) is 11.6 Å². The Morgan fingerprint density at radius 1 is 0.337 bits per heavy atom. The Labute approximate surface area is 532 Å². The number of halogens is 2. The number of fused-ring (bicyclic) bond motifs is 10. The van der Waals surface area contributed by atoms with E-state index in [1.54, 1.807) is 0 Å². The summed E-state index contributed by atoms with van der Waals surface area (Å²) in [6.45, 7) is 25.9. The molecule has 0 spiro atoms. The van der Waals surface area contributed by atoms with Gasteiger partial charge in [-0.25, -0.2) is 0 Å². The van der Waals surface area contributed by atoms with Gasteiger partial charge in [-0.05, 0) is 0 Å². The number of nitrogens with zero attached hydrogens (tertiary/aromatic N) is 4. The van der Waals surface area contributed by atoms with Gasteiger partial charge in [0.2, 0.25) is 0 Å². The summed E-state index contributed by atoms with van der Waals surface area (Å²) in [7, 11) is -1.41. The van der Waals surface area contributed by atoms with Gasteiger partial charge in [-0.1, -0.05) is 79.1 Å². The second-order valence-corrected chi connectivity index (χ2v) is 31.3. The summed E-state index contributed by atoms with van der Waals surface area (Å²) >= 11 is -0.959. The van der Waals surface area contributed by atoms with Crippen LogP contribution in [0.3, 0.4) is 0 Å². The van der Waals surface area contributed by atoms with E-state index in [4.69, 9.17) is 34.5 Å². The molecule has 0 amide bonds. The second kappa shape index (κ2) is 30.0. The maximum absolute atomic E-state index is 20.5. The Hall–Kier alpha value is -2.27. The van der Waals surface area contributed by atoms with Crippen molar-refractivity contribution in [2.75, 3.05) is 0 Å². The van der Waals surface area contributed by atoms with Crippen LogP contribution in [0.25, 0.3) is 44.3 Å². The van der Waals surface area contributed by atoms with Crippen molar-refractivity contribution in [2.24, 2.45) is 0 Å². The van der Waals surface area contributed by atoms with E-state index >= 15 is 8.78 Å². The van der Waals surface area contributed by atoms with E-state index in [0.717, 1.165) is 121 Å². The molecule has 2 fully saturated rings. The average Bonchev–Trinajstić information content (AvgIpc) is 1.51. The van der Waals surface area contributed by atoms with Gasteiger partial charge >= 0.3 is 457 Å². The molecule has 0 bridgehead atoms. The maximum atomic E-state index is 20.5. The average molecular weight is 1310 g/mol. The third-order valence-corrected chi connectivity index (χ3v) is 24.1. The fraction of sp³-hybridized carbons (Fsp3) is 0.750. The molecule has 9 rings (SSSR count). The van der Waals surface area contributed by atoms with Gasteiger partial charge in [0.15, 0.2) is 0 Å². The van der Waals surface area contributed by atoms with Crippen molar-refractivity contribution in [1.29, 1.82) is 0 Å². The molecule has 3 aromatic carbocycles. The van der Waals surface area contributed by atoms with Gasteiger partial charge in [-0.2, -0.15) is 0 Å².